The van der Waals surface area contributed by atoms with E-state index in [0.29, 0.717) is 5.56 Å². The Balaban J connectivity index is 2.89. The minimum atomic E-state index is -4.22. The van der Waals surface area contributed by atoms with Crippen molar-refractivity contribution >= 4 is 29.9 Å². The van der Waals surface area contributed by atoms with E-state index in [1.807, 2.05) is 0 Å². The summed E-state index contributed by atoms with van der Waals surface area (Å²) in [7, 11) is 1.23. The van der Waals surface area contributed by atoms with Crippen molar-refractivity contribution in [3.8, 4) is 5.75 Å². The number of esters is 2. The highest BCUT2D eigenvalue weighted by atomic mass is 32.2. The van der Waals surface area contributed by atoms with Crippen LogP contribution in [0.1, 0.15) is 22.8 Å². The molecule has 1 N–H and O–H groups in total. The maximum Gasteiger partial charge on any atom is 0.341 e. The van der Waals surface area contributed by atoms with E-state index < -0.39 is 34.4 Å². The molecule has 0 atom stereocenters. The number of carbonyl (C=O) groups excluding carboxylic acids is 2. The molecule has 2 radical (unpaired) electrons. The van der Waals surface area contributed by atoms with E-state index in [-0.39, 0.29) is 17.6 Å². The van der Waals surface area contributed by atoms with Gasteiger partial charge < -0.3 is 9.47 Å². The predicted molar refractivity (Wildman–Crippen MR) is 73.9 cm³/mol. The lowest BCUT2D eigenvalue weighted by atomic mass is 9.96. The van der Waals surface area contributed by atoms with Crippen LogP contribution in [0.15, 0.2) is 18.2 Å². The Labute approximate surface area is 123 Å². The van der Waals surface area contributed by atoms with Crippen molar-refractivity contribution in [1.29, 1.82) is 0 Å². The maximum absolute atomic E-state index is 11.8. The van der Waals surface area contributed by atoms with Crippen molar-refractivity contribution in [3.63, 3.8) is 0 Å². The minimum absolute atomic E-state index is 0.0256. The summed E-state index contributed by atoms with van der Waals surface area (Å²) in [6.07, 6.45) is 0.187. The first-order valence-electron chi connectivity index (χ1n) is 5.86. The van der Waals surface area contributed by atoms with E-state index in [1.54, 1.807) is 6.07 Å². The number of benzene rings is 1. The zero-order valence-electron chi connectivity index (χ0n) is 11.2. The largest absolute Gasteiger partial charge is 0.461 e. The van der Waals surface area contributed by atoms with Crippen LogP contribution in [-0.2, 0) is 26.0 Å². The topological polar surface area (TPSA) is 107 Å². The van der Waals surface area contributed by atoms with E-state index in [2.05, 4.69) is 0 Å². The van der Waals surface area contributed by atoms with Crippen molar-refractivity contribution in [1.82, 2.24) is 0 Å². The van der Waals surface area contributed by atoms with Crippen LogP contribution in [0.2, 0.25) is 0 Å². The molecule has 0 amide bonds. The Morgan fingerprint density at radius 1 is 1.33 bits per heavy atom. The van der Waals surface area contributed by atoms with Gasteiger partial charge in [0.25, 0.3) is 10.1 Å². The summed E-state index contributed by atoms with van der Waals surface area (Å²) < 4.78 is 39.2. The monoisotopic (exact) mass is 312 g/mol. The second-order valence-electron chi connectivity index (χ2n) is 4.05. The molecule has 21 heavy (non-hydrogen) atoms. The molecule has 0 aliphatic heterocycles. The van der Waals surface area contributed by atoms with Crippen molar-refractivity contribution < 1.29 is 32.0 Å². The second-order valence-corrected chi connectivity index (χ2v) is 5.62. The fourth-order valence-corrected chi connectivity index (χ4v) is 1.71. The summed E-state index contributed by atoms with van der Waals surface area (Å²) in [6, 6.07) is 4.32. The summed E-state index contributed by atoms with van der Waals surface area (Å²) in [4.78, 5) is 22.8. The number of ether oxygens (including phenoxy) is 2. The van der Waals surface area contributed by atoms with E-state index in [9.17, 15) is 18.0 Å². The van der Waals surface area contributed by atoms with E-state index in [4.69, 9.17) is 21.9 Å². The van der Waals surface area contributed by atoms with Crippen molar-refractivity contribution in [2.75, 3.05) is 12.4 Å². The van der Waals surface area contributed by atoms with Crippen molar-refractivity contribution in [3.05, 3.63) is 29.3 Å². The maximum atomic E-state index is 11.8. The van der Waals surface area contributed by atoms with Gasteiger partial charge in [-0.2, -0.15) is 8.42 Å². The molecular formula is C12H13BO7S. The molecular weight excluding hydrogens is 299 g/mol. The Morgan fingerprint density at radius 2 is 2.00 bits per heavy atom. The third kappa shape index (κ3) is 5.96. The van der Waals surface area contributed by atoms with Crippen LogP contribution in [0.3, 0.4) is 0 Å². The fraction of sp³-hybridized carbons (Fsp3) is 0.333. The van der Waals surface area contributed by atoms with Gasteiger partial charge in [0.05, 0.1) is 7.85 Å². The highest BCUT2D eigenvalue weighted by Gasteiger charge is 2.17. The summed E-state index contributed by atoms with van der Waals surface area (Å²) in [5, 5.41) is 0. The first kappa shape index (κ1) is 17.2. The highest BCUT2D eigenvalue weighted by Crippen LogP contribution is 2.22. The molecule has 0 saturated heterocycles. The molecule has 0 fully saturated rings. The van der Waals surface area contributed by atoms with Crippen LogP contribution in [0.5, 0.6) is 5.75 Å². The molecule has 9 heteroatoms. The third-order valence-electron chi connectivity index (χ3n) is 2.33. The molecule has 112 valence electrons. The predicted octanol–water partition coefficient (Wildman–Crippen LogP) is 0.325. The quantitative estimate of drug-likeness (QED) is 0.349. The molecule has 0 heterocycles. The van der Waals surface area contributed by atoms with Gasteiger partial charge in [-0.3, -0.25) is 9.35 Å². The lowest BCUT2D eigenvalue weighted by Crippen LogP contribution is -2.16. The van der Waals surface area contributed by atoms with Crippen LogP contribution in [-0.4, -0.2) is 45.1 Å². The van der Waals surface area contributed by atoms with Gasteiger partial charge in [0, 0.05) is 6.92 Å². The van der Waals surface area contributed by atoms with E-state index in [1.165, 1.54) is 19.1 Å². The third-order valence-corrected chi connectivity index (χ3v) is 3.01. The first-order valence-corrected chi connectivity index (χ1v) is 7.47. The van der Waals surface area contributed by atoms with Gasteiger partial charge in [0.15, 0.2) is 0 Å². The van der Waals surface area contributed by atoms with Crippen LogP contribution < -0.4 is 4.74 Å². The number of rotatable bonds is 6. The number of carbonyl (C=O) groups is 2. The summed E-state index contributed by atoms with van der Waals surface area (Å²) in [5.74, 6) is -2.25. The van der Waals surface area contributed by atoms with Crippen LogP contribution in [0, 0.1) is 0 Å². The lowest BCUT2D eigenvalue weighted by Gasteiger charge is -2.10. The molecule has 0 bridgehead atoms. The summed E-state index contributed by atoms with van der Waals surface area (Å²) in [5.41, 5.74) is 0.596. The highest BCUT2D eigenvalue weighted by molar-refractivity contribution is 7.85. The fourth-order valence-electron chi connectivity index (χ4n) is 1.42. The Kier molecular flexibility index (Phi) is 5.92. The first-order chi connectivity index (χ1) is 9.73. The zero-order chi connectivity index (χ0) is 16.0. The molecule has 0 spiro atoms. The number of hydrogen-bond acceptors (Lipinski definition) is 6. The average Bonchev–Trinajstić information content (AvgIpc) is 2.36. The minimum Gasteiger partial charge on any atom is -0.461 e. The molecule has 0 unspecified atom stereocenters. The Hall–Kier alpha value is -1.87. The van der Waals surface area contributed by atoms with Gasteiger partial charge in [0.2, 0.25) is 0 Å². The zero-order valence-corrected chi connectivity index (χ0v) is 12.1. The molecule has 0 aliphatic rings. The van der Waals surface area contributed by atoms with Gasteiger partial charge in [-0.1, -0.05) is 17.9 Å². The van der Waals surface area contributed by atoms with Crippen LogP contribution in [0.4, 0.5) is 0 Å². The van der Waals surface area contributed by atoms with E-state index in [0.717, 1.165) is 0 Å². The summed E-state index contributed by atoms with van der Waals surface area (Å²) in [6.45, 7) is 0.651. The van der Waals surface area contributed by atoms with Crippen LogP contribution >= 0.6 is 0 Å². The Bertz CT molecular complexity index is 639. The molecule has 0 saturated carbocycles. The van der Waals surface area contributed by atoms with Crippen molar-refractivity contribution in [2.45, 2.75) is 13.2 Å². The van der Waals surface area contributed by atoms with Gasteiger partial charge in [-0.15, -0.1) is 0 Å². The van der Waals surface area contributed by atoms with E-state index >= 15 is 0 Å². The van der Waals surface area contributed by atoms with Gasteiger partial charge in [-0.05, 0) is 12.1 Å². The average molecular weight is 312 g/mol. The smallest absolute Gasteiger partial charge is 0.341 e. The summed E-state index contributed by atoms with van der Waals surface area (Å²) >= 11 is 0. The standard InChI is InChI=1S/C12H13BO7S/c1-8(14)20-11-6-9(7-13)2-3-10(11)12(15)19-4-5-21(16,17)18/h2-3,6H,4-5,7H2,1H3,(H,16,17,18). The van der Waals surface area contributed by atoms with Gasteiger partial charge >= 0.3 is 11.9 Å². The Morgan fingerprint density at radius 3 is 2.52 bits per heavy atom. The molecule has 1 rings (SSSR count). The molecule has 7 nitrogen and oxygen atoms in total. The lowest BCUT2D eigenvalue weighted by molar-refractivity contribution is -0.131. The molecule has 0 aliphatic carbocycles. The normalized spacial score (nSPS) is 11.0. The molecule has 1 aromatic rings. The van der Waals surface area contributed by atoms with Gasteiger partial charge in [0.1, 0.15) is 23.7 Å². The number of hydrogen-bond donors (Lipinski definition) is 1. The SMILES string of the molecule is [B]Cc1ccc(C(=O)OCCS(=O)(=O)O)c(OC(C)=O)c1. The van der Waals surface area contributed by atoms with Crippen molar-refractivity contribution in [2.24, 2.45) is 0 Å². The molecule has 0 aromatic heterocycles. The van der Waals surface area contributed by atoms with Gasteiger partial charge in [-0.25, -0.2) is 4.79 Å². The van der Waals surface area contributed by atoms with Crippen LogP contribution in [0.25, 0.3) is 0 Å². The molecule has 1 aromatic carbocycles. The second kappa shape index (κ2) is 7.23.